The molecule has 1 heterocycles. The van der Waals surface area contributed by atoms with Gasteiger partial charge in [0, 0.05) is 37.6 Å². The predicted molar refractivity (Wildman–Crippen MR) is 102 cm³/mol. The van der Waals surface area contributed by atoms with E-state index in [0.29, 0.717) is 35.4 Å². The van der Waals surface area contributed by atoms with Gasteiger partial charge in [-0.3, -0.25) is 0 Å². The molecule has 0 aliphatic carbocycles. The van der Waals surface area contributed by atoms with E-state index in [1.807, 2.05) is 24.3 Å². The molecular formula is C17H19Cl2N5O. The van der Waals surface area contributed by atoms with Crippen LogP contribution >= 0.6 is 23.2 Å². The topological polar surface area (TPSA) is 92.1 Å². The van der Waals surface area contributed by atoms with Crippen LogP contribution in [0.1, 0.15) is 11.3 Å². The van der Waals surface area contributed by atoms with Crippen molar-refractivity contribution in [3.05, 3.63) is 70.1 Å². The monoisotopic (exact) mass is 379 g/mol. The van der Waals surface area contributed by atoms with Crippen molar-refractivity contribution < 1.29 is 4.79 Å². The van der Waals surface area contributed by atoms with E-state index < -0.39 is 0 Å². The maximum Gasteiger partial charge on any atom is 0.315 e. The molecule has 0 aliphatic rings. The van der Waals surface area contributed by atoms with Gasteiger partial charge in [-0.05, 0) is 29.8 Å². The maximum absolute atomic E-state index is 11.8. The number of nitrogens with one attached hydrogen (secondary N) is 3. The first kappa shape index (κ1) is 18.9. The number of hydrogen-bond donors (Lipinski definition) is 4. The number of hydrogen-bond acceptors (Lipinski definition) is 4. The number of halogens is 2. The average molecular weight is 380 g/mol. The zero-order valence-electron chi connectivity index (χ0n) is 13.4. The molecule has 25 heavy (non-hydrogen) atoms. The number of benzene rings is 1. The standard InChI is InChI=1S/C17H19Cl2N5O/c18-14-5-4-12(10-15(14)19)11-23-17(25)22-8-6-13-2-1-3-16(24-13)21-9-7-20/h1-5,7,9-10H,6,8,11,20H2,(H,21,24)(H2,22,23,25)/b9-7-. The van der Waals surface area contributed by atoms with Crippen molar-refractivity contribution in [3.8, 4) is 0 Å². The van der Waals surface area contributed by atoms with Gasteiger partial charge in [0.05, 0.1) is 10.0 Å². The Hall–Kier alpha value is -2.44. The van der Waals surface area contributed by atoms with Gasteiger partial charge in [-0.2, -0.15) is 0 Å². The van der Waals surface area contributed by atoms with Crippen molar-refractivity contribution in [2.24, 2.45) is 5.73 Å². The Bertz CT molecular complexity index is 752. The molecule has 5 N–H and O–H groups in total. The molecule has 8 heteroatoms. The van der Waals surface area contributed by atoms with E-state index >= 15 is 0 Å². The van der Waals surface area contributed by atoms with E-state index in [1.165, 1.54) is 6.20 Å². The Morgan fingerprint density at radius 1 is 1.16 bits per heavy atom. The first-order valence-electron chi connectivity index (χ1n) is 7.63. The second-order valence-electron chi connectivity index (χ2n) is 5.13. The van der Waals surface area contributed by atoms with Crippen LogP contribution in [0.3, 0.4) is 0 Å². The van der Waals surface area contributed by atoms with Crippen molar-refractivity contribution in [2.75, 3.05) is 11.9 Å². The van der Waals surface area contributed by atoms with Crippen LogP contribution in [0.4, 0.5) is 10.6 Å². The zero-order valence-corrected chi connectivity index (χ0v) is 14.9. The Morgan fingerprint density at radius 2 is 2.00 bits per heavy atom. The summed E-state index contributed by atoms with van der Waals surface area (Å²) in [6, 6.07) is 10.6. The number of carbonyl (C=O) groups is 1. The van der Waals surface area contributed by atoms with Crippen molar-refractivity contribution in [1.29, 1.82) is 0 Å². The molecule has 0 aliphatic heterocycles. The SMILES string of the molecule is N/C=C\Nc1cccc(CCNC(=O)NCc2ccc(Cl)c(Cl)c2)n1. The molecule has 2 aromatic rings. The Kier molecular flexibility index (Phi) is 7.37. The van der Waals surface area contributed by atoms with Gasteiger partial charge in [0.25, 0.3) is 0 Å². The van der Waals surface area contributed by atoms with Crippen LogP contribution in [-0.4, -0.2) is 17.6 Å². The van der Waals surface area contributed by atoms with E-state index in [1.54, 1.807) is 18.3 Å². The molecule has 0 radical (unpaired) electrons. The second-order valence-corrected chi connectivity index (χ2v) is 5.94. The minimum atomic E-state index is -0.258. The van der Waals surface area contributed by atoms with Crippen LogP contribution in [0.25, 0.3) is 0 Å². The number of amides is 2. The number of urea groups is 1. The fourth-order valence-electron chi connectivity index (χ4n) is 2.03. The summed E-state index contributed by atoms with van der Waals surface area (Å²) in [7, 11) is 0. The van der Waals surface area contributed by atoms with Gasteiger partial charge in [-0.1, -0.05) is 35.3 Å². The number of pyridine rings is 1. The van der Waals surface area contributed by atoms with Crippen LogP contribution < -0.4 is 21.7 Å². The van der Waals surface area contributed by atoms with Gasteiger partial charge in [-0.25, -0.2) is 9.78 Å². The summed E-state index contributed by atoms with van der Waals surface area (Å²) in [5.41, 5.74) is 7.01. The van der Waals surface area contributed by atoms with Crippen LogP contribution in [-0.2, 0) is 13.0 Å². The molecule has 0 spiro atoms. The summed E-state index contributed by atoms with van der Waals surface area (Å²) < 4.78 is 0. The van der Waals surface area contributed by atoms with E-state index in [-0.39, 0.29) is 6.03 Å². The minimum Gasteiger partial charge on any atom is -0.403 e. The lowest BCUT2D eigenvalue weighted by Gasteiger charge is -2.09. The van der Waals surface area contributed by atoms with Crippen LogP contribution in [0, 0.1) is 0 Å². The maximum atomic E-state index is 11.8. The third kappa shape index (κ3) is 6.52. The number of nitrogens with two attached hydrogens (primary N) is 1. The third-order valence-electron chi connectivity index (χ3n) is 3.24. The highest BCUT2D eigenvalue weighted by molar-refractivity contribution is 6.42. The quantitative estimate of drug-likeness (QED) is 0.593. The molecule has 1 aromatic carbocycles. The number of aromatic nitrogens is 1. The van der Waals surface area contributed by atoms with Crippen LogP contribution in [0.5, 0.6) is 0 Å². The fraction of sp³-hybridized carbons (Fsp3) is 0.176. The van der Waals surface area contributed by atoms with E-state index in [9.17, 15) is 4.79 Å². The average Bonchev–Trinajstić information content (AvgIpc) is 2.61. The lowest BCUT2D eigenvalue weighted by Crippen LogP contribution is -2.36. The molecule has 6 nitrogen and oxygen atoms in total. The molecule has 0 saturated carbocycles. The van der Waals surface area contributed by atoms with Crippen LogP contribution in [0.15, 0.2) is 48.8 Å². The number of anilines is 1. The summed E-state index contributed by atoms with van der Waals surface area (Å²) in [4.78, 5) is 16.2. The van der Waals surface area contributed by atoms with Crippen molar-refractivity contribution in [2.45, 2.75) is 13.0 Å². The molecule has 0 unspecified atom stereocenters. The lowest BCUT2D eigenvalue weighted by atomic mass is 10.2. The highest BCUT2D eigenvalue weighted by atomic mass is 35.5. The molecular weight excluding hydrogens is 361 g/mol. The largest absolute Gasteiger partial charge is 0.403 e. The summed E-state index contributed by atoms with van der Waals surface area (Å²) in [6.45, 7) is 0.836. The predicted octanol–water partition coefficient (Wildman–Crippen LogP) is 3.27. The van der Waals surface area contributed by atoms with Crippen molar-refractivity contribution >= 4 is 35.1 Å². The van der Waals surface area contributed by atoms with Gasteiger partial charge >= 0.3 is 6.03 Å². The summed E-state index contributed by atoms with van der Waals surface area (Å²) in [6.07, 6.45) is 3.61. The van der Waals surface area contributed by atoms with E-state index in [4.69, 9.17) is 28.9 Å². The summed E-state index contributed by atoms with van der Waals surface area (Å²) >= 11 is 11.8. The van der Waals surface area contributed by atoms with Gasteiger partial charge < -0.3 is 21.7 Å². The molecule has 0 fully saturated rings. The molecule has 2 amide bonds. The lowest BCUT2D eigenvalue weighted by molar-refractivity contribution is 0.240. The Labute approximate surface area is 156 Å². The number of nitrogens with zero attached hydrogens (tertiary/aromatic N) is 1. The first-order chi connectivity index (χ1) is 12.1. The van der Waals surface area contributed by atoms with Gasteiger partial charge in [0.15, 0.2) is 0 Å². The zero-order chi connectivity index (χ0) is 18.1. The molecule has 0 atom stereocenters. The normalized spacial score (nSPS) is 10.6. The summed E-state index contributed by atoms with van der Waals surface area (Å²) in [5.74, 6) is 0.697. The number of rotatable bonds is 7. The first-order valence-corrected chi connectivity index (χ1v) is 8.39. The minimum absolute atomic E-state index is 0.258. The molecule has 2 rings (SSSR count). The molecule has 1 aromatic heterocycles. The smallest absolute Gasteiger partial charge is 0.315 e. The highest BCUT2D eigenvalue weighted by Gasteiger charge is 2.03. The van der Waals surface area contributed by atoms with E-state index in [2.05, 4.69) is 20.9 Å². The molecule has 132 valence electrons. The van der Waals surface area contributed by atoms with Crippen LogP contribution in [0.2, 0.25) is 10.0 Å². The van der Waals surface area contributed by atoms with Gasteiger partial charge in [0.1, 0.15) is 5.82 Å². The molecule has 0 bridgehead atoms. The second kappa shape index (κ2) is 9.76. The fourth-order valence-corrected chi connectivity index (χ4v) is 2.35. The summed E-state index contributed by atoms with van der Waals surface area (Å²) in [5, 5.41) is 9.44. The number of carbonyl (C=O) groups excluding carboxylic acids is 1. The Morgan fingerprint density at radius 3 is 2.76 bits per heavy atom. The highest BCUT2D eigenvalue weighted by Crippen LogP contribution is 2.22. The van der Waals surface area contributed by atoms with Crippen molar-refractivity contribution in [1.82, 2.24) is 15.6 Å². The molecule has 0 saturated heterocycles. The van der Waals surface area contributed by atoms with Crippen molar-refractivity contribution in [3.63, 3.8) is 0 Å². The third-order valence-corrected chi connectivity index (χ3v) is 3.98. The van der Waals surface area contributed by atoms with Gasteiger partial charge in [-0.15, -0.1) is 0 Å². The van der Waals surface area contributed by atoms with Gasteiger partial charge in [0.2, 0.25) is 0 Å². The van der Waals surface area contributed by atoms with E-state index in [0.717, 1.165) is 11.3 Å². The Balaban J connectivity index is 1.74.